The molecule has 1 atom stereocenters. The van der Waals surface area contributed by atoms with Gasteiger partial charge < -0.3 is 0 Å². The molecule has 1 aliphatic rings. The van der Waals surface area contributed by atoms with Crippen LogP contribution in [0.3, 0.4) is 0 Å². The maximum atomic E-state index is 11.6. The standard InChI is InChI=1S/C12H23NO3S/c1-3-8-17(15,16)9-7-13-6-4-5-12(13)10-11(2)14/h12H,3-10H2,1-2H3. The lowest BCUT2D eigenvalue weighted by Crippen LogP contribution is -2.35. The third-order valence-electron chi connectivity index (χ3n) is 3.23. The zero-order valence-electron chi connectivity index (χ0n) is 10.8. The predicted octanol–water partition coefficient (Wildman–Crippen LogP) is 1.25. The number of sulfone groups is 1. The number of carbonyl (C=O) groups is 1. The van der Waals surface area contributed by atoms with E-state index >= 15 is 0 Å². The zero-order chi connectivity index (χ0) is 12.9. The van der Waals surface area contributed by atoms with E-state index in [9.17, 15) is 13.2 Å². The molecule has 1 saturated heterocycles. The van der Waals surface area contributed by atoms with Gasteiger partial charge in [0, 0.05) is 24.8 Å². The van der Waals surface area contributed by atoms with Crippen LogP contribution in [-0.4, -0.2) is 49.7 Å². The third-order valence-corrected chi connectivity index (χ3v) is 5.06. The number of ketones is 1. The van der Waals surface area contributed by atoms with Gasteiger partial charge in [-0.25, -0.2) is 8.42 Å². The van der Waals surface area contributed by atoms with Gasteiger partial charge in [0.15, 0.2) is 9.84 Å². The van der Waals surface area contributed by atoms with E-state index in [1.807, 2.05) is 6.92 Å². The Kier molecular flexibility index (Phi) is 5.59. The normalized spacial score (nSPS) is 21.9. The molecule has 0 aromatic heterocycles. The van der Waals surface area contributed by atoms with Gasteiger partial charge >= 0.3 is 0 Å². The topological polar surface area (TPSA) is 54.5 Å². The first-order valence-electron chi connectivity index (χ1n) is 6.38. The predicted molar refractivity (Wildman–Crippen MR) is 68.8 cm³/mol. The van der Waals surface area contributed by atoms with E-state index in [1.165, 1.54) is 0 Å². The largest absolute Gasteiger partial charge is 0.300 e. The second kappa shape index (κ2) is 6.50. The Labute approximate surface area is 104 Å². The van der Waals surface area contributed by atoms with Crippen LogP contribution in [0.5, 0.6) is 0 Å². The minimum atomic E-state index is -2.90. The van der Waals surface area contributed by atoms with Crippen molar-refractivity contribution in [2.75, 3.05) is 24.6 Å². The van der Waals surface area contributed by atoms with Gasteiger partial charge in [-0.05, 0) is 32.7 Å². The summed E-state index contributed by atoms with van der Waals surface area (Å²) in [5.41, 5.74) is 0. The summed E-state index contributed by atoms with van der Waals surface area (Å²) in [6, 6.07) is 0.268. The van der Waals surface area contributed by atoms with Crippen LogP contribution in [0.25, 0.3) is 0 Å². The van der Waals surface area contributed by atoms with E-state index in [0.717, 1.165) is 19.4 Å². The van der Waals surface area contributed by atoms with E-state index < -0.39 is 9.84 Å². The average Bonchev–Trinajstić information content (AvgIpc) is 2.61. The summed E-state index contributed by atoms with van der Waals surface area (Å²) in [7, 11) is -2.90. The number of Topliss-reactive ketones (excluding diaryl/α,β-unsaturated/α-hetero) is 1. The van der Waals surface area contributed by atoms with Crippen LogP contribution in [0.4, 0.5) is 0 Å². The first-order valence-corrected chi connectivity index (χ1v) is 8.20. The van der Waals surface area contributed by atoms with Gasteiger partial charge in [-0.2, -0.15) is 0 Å². The molecule has 0 bridgehead atoms. The summed E-state index contributed by atoms with van der Waals surface area (Å²) in [4.78, 5) is 13.3. The lowest BCUT2D eigenvalue weighted by molar-refractivity contribution is -0.118. The Balaban J connectivity index is 2.43. The Morgan fingerprint density at radius 2 is 2.06 bits per heavy atom. The molecule has 0 amide bonds. The lowest BCUT2D eigenvalue weighted by atomic mass is 10.1. The van der Waals surface area contributed by atoms with E-state index in [0.29, 0.717) is 19.4 Å². The van der Waals surface area contributed by atoms with Crippen LogP contribution in [0.15, 0.2) is 0 Å². The summed E-state index contributed by atoms with van der Waals surface area (Å²) < 4.78 is 23.2. The smallest absolute Gasteiger partial charge is 0.151 e. The number of hydrogen-bond acceptors (Lipinski definition) is 4. The van der Waals surface area contributed by atoms with Crippen LogP contribution in [-0.2, 0) is 14.6 Å². The molecular formula is C12H23NO3S. The van der Waals surface area contributed by atoms with Gasteiger partial charge in [-0.15, -0.1) is 0 Å². The zero-order valence-corrected chi connectivity index (χ0v) is 11.6. The first-order chi connectivity index (χ1) is 7.94. The maximum absolute atomic E-state index is 11.6. The lowest BCUT2D eigenvalue weighted by Gasteiger charge is -2.23. The van der Waals surface area contributed by atoms with E-state index in [1.54, 1.807) is 6.92 Å². The number of nitrogens with zero attached hydrogens (tertiary/aromatic N) is 1. The SMILES string of the molecule is CCCS(=O)(=O)CCN1CCCC1CC(C)=O. The third kappa shape index (κ3) is 5.17. The second-order valence-corrected chi connectivity index (χ2v) is 7.19. The molecule has 0 N–H and O–H groups in total. The van der Waals surface area contributed by atoms with Gasteiger partial charge in [-0.3, -0.25) is 9.69 Å². The van der Waals surface area contributed by atoms with Gasteiger partial charge in [0.25, 0.3) is 0 Å². The highest BCUT2D eigenvalue weighted by Crippen LogP contribution is 2.20. The molecule has 1 aliphatic heterocycles. The fraction of sp³-hybridized carbons (Fsp3) is 0.917. The molecule has 0 saturated carbocycles. The summed E-state index contributed by atoms with van der Waals surface area (Å²) in [6.45, 7) is 5.00. The highest BCUT2D eigenvalue weighted by Gasteiger charge is 2.26. The Morgan fingerprint density at radius 3 is 2.65 bits per heavy atom. The first kappa shape index (κ1) is 14.6. The van der Waals surface area contributed by atoms with Gasteiger partial charge in [0.1, 0.15) is 5.78 Å². The molecule has 0 aromatic rings. The highest BCUT2D eigenvalue weighted by molar-refractivity contribution is 7.91. The van der Waals surface area contributed by atoms with Crippen molar-refractivity contribution in [3.63, 3.8) is 0 Å². The molecule has 0 radical (unpaired) electrons. The molecule has 0 aromatic carbocycles. The summed E-state index contributed by atoms with van der Waals surface area (Å²) >= 11 is 0. The summed E-state index contributed by atoms with van der Waals surface area (Å²) in [5.74, 6) is 0.700. The fourth-order valence-corrected chi connectivity index (χ4v) is 3.76. The van der Waals surface area contributed by atoms with E-state index in [-0.39, 0.29) is 23.3 Å². The molecule has 5 heteroatoms. The number of hydrogen-bond donors (Lipinski definition) is 0. The average molecular weight is 261 g/mol. The monoisotopic (exact) mass is 261 g/mol. The van der Waals surface area contributed by atoms with Crippen molar-refractivity contribution >= 4 is 15.6 Å². The minimum Gasteiger partial charge on any atom is -0.300 e. The van der Waals surface area contributed by atoms with E-state index in [4.69, 9.17) is 0 Å². The fourth-order valence-electron chi connectivity index (χ4n) is 2.42. The molecule has 0 aliphatic carbocycles. The molecule has 100 valence electrons. The molecule has 1 fully saturated rings. The minimum absolute atomic E-state index is 0.193. The number of rotatable bonds is 7. The van der Waals surface area contributed by atoms with Crippen LogP contribution < -0.4 is 0 Å². The van der Waals surface area contributed by atoms with Crippen molar-refractivity contribution in [1.29, 1.82) is 0 Å². The summed E-state index contributed by atoms with van der Waals surface area (Å²) in [6.07, 6.45) is 3.34. The van der Waals surface area contributed by atoms with Crippen molar-refractivity contribution < 1.29 is 13.2 Å². The summed E-state index contributed by atoms with van der Waals surface area (Å²) in [5, 5.41) is 0. The Morgan fingerprint density at radius 1 is 1.35 bits per heavy atom. The Hall–Kier alpha value is -0.420. The van der Waals surface area contributed by atoms with Gasteiger partial charge in [0.2, 0.25) is 0 Å². The number of carbonyl (C=O) groups excluding carboxylic acids is 1. The van der Waals surface area contributed by atoms with E-state index in [2.05, 4.69) is 4.90 Å². The van der Waals surface area contributed by atoms with Gasteiger partial charge in [-0.1, -0.05) is 6.92 Å². The van der Waals surface area contributed by atoms with Crippen molar-refractivity contribution in [3.8, 4) is 0 Å². The molecule has 1 unspecified atom stereocenters. The highest BCUT2D eigenvalue weighted by atomic mass is 32.2. The van der Waals surface area contributed by atoms with Crippen LogP contribution in [0.2, 0.25) is 0 Å². The van der Waals surface area contributed by atoms with Crippen LogP contribution in [0, 0.1) is 0 Å². The molecule has 17 heavy (non-hydrogen) atoms. The van der Waals surface area contributed by atoms with Crippen LogP contribution >= 0.6 is 0 Å². The van der Waals surface area contributed by atoms with Crippen molar-refractivity contribution in [1.82, 2.24) is 4.90 Å². The van der Waals surface area contributed by atoms with Crippen molar-refractivity contribution in [2.45, 2.75) is 45.6 Å². The molecule has 1 rings (SSSR count). The maximum Gasteiger partial charge on any atom is 0.151 e. The number of likely N-dealkylation sites (tertiary alicyclic amines) is 1. The second-order valence-electron chi connectivity index (χ2n) is 4.89. The van der Waals surface area contributed by atoms with Crippen LogP contribution in [0.1, 0.15) is 39.5 Å². The molecule has 0 spiro atoms. The van der Waals surface area contributed by atoms with Crippen molar-refractivity contribution in [2.24, 2.45) is 0 Å². The van der Waals surface area contributed by atoms with Gasteiger partial charge in [0.05, 0.1) is 5.75 Å². The molecular weight excluding hydrogens is 238 g/mol. The van der Waals surface area contributed by atoms with Crippen molar-refractivity contribution in [3.05, 3.63) is 0 Å². The molecule has 1 heterocycles. The quantitative estimate of drug-likeness (QED) is 0.692. The molecule has 4 nitrogen and oxygen atoms in total. The Bertz CT molecular complexity index is 351.